The van der Waals surface area contributed by atoms with Gasteiger partial charge in [-0.2, -0.15) is 5.26 Å². The molecule has 1 aromatic carbocycles. The summed E-state index contributed by atoms with van der Waals surface area (Å²) < 4.78 is 13.1. The van der Waals surface area contributed by atoms with Gasteiger partial charge in [-0.15, -0.1) is 0 Å². The van der Waals surface area contributed by atoms with Gasteiger partial charge in [0, 0.05) is 6.42 Å². The molecule has 0 unspecified atom stereocenters. The van der Waals surface area contributed by atoms with Crippen LogP contribution in [0, 0.1) is 17.1 Å². The van der Waals surface area contributed by atoms with Crippen LogP contribution in [0.5, 0.6) is 0 Å². The van der Waals surface area contributed by atoms with Crippen LogP contribution in [0.3, 0.4) is 0 Å². The number of rotatable bonds is 1. The van der Waals surface area contributed by atoms with Crippen molar-refractivity contribution in [2.75, 3.05) is 11.5 Å². The first-order chi connectivity index (χ1) is 10.6. The standard InChI is InChI=1S/C9H9FN2.C5H5N5/c1-2-8-11-7-5-3-4-6(10)9(7)12-8;6-1-3-4(7)9-2-10-5(3)8/h3-5H,2H2,1H3,(H,11,12);2H,(H4,7,8,9,10). The zero-order valence-electron chi connectivity index (χ0n) is 11.8. The van der Waals surface area contributed by atoms with E-state index in [9.17, 15) is 4.39 Å². The third-order valence-corrected chi connectivity index (χ3v) is 2.87. The van der Waals surface area contributed by atoms with E-state index < -0.39 is 0 Å². The monoisotopic (exact) mass is 299 g/mol. The van der Waals surface area contributed by atoms with Crippen LogP contribution < -0.4 is 11.5 Å². The minimum Gasteiger partial charge on any atom is -0.382 e. The average Bonchev–Trinajstić information content (AvgIpc) is 2.93. The van der Waals surface area contributed by atoms with Crippen molar-refractivity contribution in [2.45, 2.75) is 13.3 Å². The third kappa shape index (κ3) is 3.09. The molecule has 3 aromatic rings. The number of nitrogens with one attached hydrogen (secondary N) is 1. The molecule has 2 aromatic heterocycles. The number of nitrogens with two attached hydrogens (primary N) is 2. The smallest absolute Gasteiger partial charge is 0.151 e. The lowest BCUT2D eigenvalue weighted by molar-refractivity contribution is 0.637. The SMILES string of the molecule is CCc1nc2c(F)cccc2[nH]1.N#Cc1c(N)ncnc1N. The zero-order chi connectivity index (χ0) is 16.1. The van der Waals surface area contributed by atoms with Gasteiger partial charge in [0.25, 0.3) is 0 Å². The molecule has 2 heterocycles. The Morgan fingerprint density at radius 1 is 1.27 bits per heavy atom. The van der Waals surface area contributed by atoms with E-state index in [0.717, 1.165) is 17.8 Å². The molecule has 0 amide bonds. The fourth-order valence-corrected chi connectivity index (χ4v) is 1.74. The van der Waals surface area contributed by atoms with Crippen LogP contribution in [0.4, 0.5) is 16.0 Å². The minimum absolute atomic E-state index is 0.120. The van der Waals surface area contributed by atoms with Crippen molar-refractivity contribution in [2.24, 2.45) is 0 Å². The molecule has 0 fully saturated rings. The predicted octanol–water partition coefficient (Wildman–Crippen LogP) is 1.78. The highest BCUT2D eigenvalue weighted by Gasteiger charge is 2.04. The number of aromatic nitrogens is 4. The van der Waals surface area contributed by atoms with E-state index >= 15 is 0 Å². The Kier molecular flexibility index (Phi) is 4.48. The number of nitriles is 1. The van der Waals surface area contributed by atoms with Gasteiger partial charge in [-0.1, -0.05) is 13.0 Å². The van der Waals surface area contributed by atoms with Gasteiger partial charge in [0.05, 0.1) is 5.52 Å². The highest BCUT2D eigenvalue weighted by Crippen LogP contribution is 2.14. The molecule has 7 nitrogen and oxygen atoms in total. The van der Waals surface area contributed by atoms with E-state index in [2.05, 4.69) is 19.9 Å². The summed E-state index contributed by atoms with van der Waals surface area (Å²) in [5.74, 6) is 0.809. The average molecular weight is 299 g/mol. The maximum atomic E-state index is 13.1. The summed E-state index contributed by atoms with van der Waals surface area (Å²) in [7, 11) is 0. The van der Waals surface area contributed by atoms with Crippen molar-refractivity contribution in [3.8, 4) is 6.07 Å². The molecule has 0 bridgehead atoms. The van der Waals surface area contributed by atoms with E-state index in [1.165, 1.54) is 12.4 Å². The van der Waals surface area contributed by atoms with Crippen molar-refractivity contribution < 1.29 is 4.39 Å². The molecular weight excluding hydrogens is 285 g/mol. The topological polar surface area (TPSA) is 130 Å². The number of nitrogen functional groups attached to an aromatic ring is 2. The molecule has 0 saturated carbocycles. The number of imidazole rings is 1. The molecule has 112 valence electrons. The van der Waals surface area contributed by atoms with E-state index in [4.69, 9.17) is 16.7 Å². The number of benzene rings is 1. The molecule has 22 heavy (non-hydrogen) atoms. The molecule has 3 rings (SSSR count). The summed E-state index contributed by atoms with van der Waals surface area (Å²) in [6.45, 7) is 1.98. The molecule has 0 spiro atoms. The number of fused-ring (bicyclic) bond motifs is 1. The van der Waals surface area contributed by atoms with Crippen LogP contribution in [0.2, 0.25) is 0 Å². The number of hydrogen-bond donors (Lipinski definition) is 3. The Morgan fingerprint density at radius 3 is 2.45 bits per heavy atom. The van der Waals surface area contributed by atoms with Crippen molar-refractivity contribution in [3.63, 3.8) is 0 Å². The number of nitrogens with zero attached hydrogens (tertiary/aromatic N) is 4. The van der Waals surface area contributed by atoms with Gasteiger partial charge in [-0.3, -0.25) is 0 Å². The van der Waals surface area contributed by atoms with Crippen LogP contribution in [0.15, 0.2) is 24.5 Å². The van der Waals surface area contributed by atoms with Crippen molar-refractivity contribution in [3.05, 3.63) is 41.7 Å². The van der Waals surface area contributed by atoms with Gasteiger partial charge >= 0.3 is 0 Å². The Balaban J connectivity index is 0.000000164. The summed E-state index contributed by atoms with van der Waals surface area (Å²) in [6, 6.07) is 6.71. The lowest BCUT2D eigenvalue weighted by Crippen LogP contribution is -2.01. The summed E-state index contributed by atoms with van der Waals surface area (Å²) in [6.07, 6.45) is 2.01. The van der Waals surface area contributed by atoms with Gasteiger partial charge in [-0.05, 0) is 12.1 Å². The number of aryl methyl sites for hydroxylation is 1. The predicted molar refractivity (Wildman–Crippen MR) is 81.0 cm³/mol. The second-order valence-electron chi connectivity index (χ2n) is 4.30. The van der Waals surface area contributed by atoms with Crippen molar-refractivity contribution in [1.82, 2.24) is 19.9 Å². The van der Waals surface area contributed by atoms with Crippen LogP contribution >= 0.6 is 0 Å². The fourth-order valence-electron chi connectivity index (χ4n) is 1.74. The molecule has 0 saturated heterocycles. The summed E-state index contributed by atoms with van der Waals surface area (Å²) in [5, 5.41) is 8.41. The van der Waals surface area contributed by atoms with Gasteiger partial charge in [-0.25, -0.2) is 19.3 Å². The first-order valence-electron chi connectivity index (χ1n) is 6.46. The Hall–Kier alpha value is -3.21. The molecule has 5 N–H and O–H groups in total. The Labute approximate surface area is 125 Å². The van der Waals surface area contributed by atoms with Gasteiger partial charge in [0.2, 0.25) is 0 Å². The van der Waals surface area contributed by atoms with Crippen molar-refractivity contribution >= 4 is 22.7 Å². The maximum Gasteiger partial charge on any atom is 0.151 e. The number of aromatic amines is 1. The lowest BCUT2D eigenvalue weighted by Gasteiger charge is -1.95. The van der Waals surface area contributed by atoms with Gasteiger partial charge < -0.3 is 16.5 Å². The molecule has 0 aliphatic carbocycles. The lowest BCUT2D eigenvalue weighted by atomic mass is 10.3. The molecule has 0 aliphatic rings. The van der Waals surface area contributed by atoms with Crippen molar-refractivity contribution in [1.29, 1.82) is 5.26 Å². The van der Waals surface area contributed by atoms with Gasteiger partial charge in [0.1, 0.15) is 40.9 Å². The molecule has 0 aliphatic heterocycles. The molecule has 8 heteroatoms. The van der Waals surface area contributed by atoms with Crippen LogP contribution in [-0.4, -0.2) is 19.9 Å². The molecule has 0 atom stereocenters. The first-order valence-corrected chi connectivity index (χ1v) is 6.46. The second kappa shape index (κ2) is 6.49. The van der Waals surface area contributed by atoms with Crippen LogP contribution in [0.25, 0.3) is 11.0 Å². The highest BCUT2D eigenvalue weighted by molar-refractivity contribution is 5.75. The minimum atomic E-state index is -0.261. The van der Waals surface area contributed by atoms with E-state index in [-0.39, 0.29) is 23.0 Å². The summed E-state index contributed by atoms with van der Waals surface area (Å²) in [4.78, 5) is 14.3. The zero-order valence-corrected chi connectivity index (χ0v) is 11.8. The van der Waals surface area contributed by atoms with E-state index in [0.29, 0.717) is 5.52 Å². The quantitative estimate of drug-likeness (QED) is 0.627. The number of H-pyrrole nitrogens is 1. The van der Waals surface area contributed by atoms with Crippen LogP contribution in [-0.2, 0) is 6.42 Å². The maximum absolute atomic E-state index is 13.1. The van der Waals surface area contributed by atoms with E-state index in [1.807, 2.05) is 13.0 Å². The number of hydrogen-bond acceptors (Lipinski definition) is 6. The highest BCUT2D eigenvalue weighted by atomic mass is 19.1. The number of para-hydroxylation sites is 1. The summed E-state index contributed by atoms with van der Waals surface area (Å²) >= 11 is 0. The fraction of sp³-hybridized carbons (Fsp3) is 0.143. The first kappa shape index (κ1) is 15.2. The summed E-state index contributed by atoms with van der Waals surface area (Å²) in [5.41, 5.74) is 11.9. The Morgan fingerprint density at radius 2 is 1.95 bits per heavy atom. The number of anilines is 2. The van der Waals surface area contributed by atoms with E-state index in [1.54, 1.807) is 12.1 Å². The molecular formula is C14H14FN7. The largest absolute Gasteiger partial charge is 0.382 e. The number of halogens is 1. The second-order valence-corrected chi connectivity index (χ2v) is 4.30. The Bertz CT molecular complexity index is 815. The normalized spacial score (nSPS) is 9.86. The van der Waals surface area contributed by atoms with Gasteiger partial charge in [0.15, 0.2) is 5.82 Å². The molecule has 0 radical (unpaired) electrons. The van der Waals surface area contributed by atoms with Crippen LogP contribution in [0.1, 0.15) is 18.3 Å². The third-order valence-electron chi connectivity index (χ3n) is 2.87.